The number of rotatable bonds is 7. The van der Waals surface area contributed by atoms with Gasteiger partial charge in [-0.3, -0.25) is 9.48 Å². The smallest absolute Gasteiger partial charge is 0.273 e. The van der Waals surface area contributed by atoms with Gasteiger partial charge in [0.1, 0.15) is 0 Å². The van der Waals surface area contributed by atoms with Crippen LogP contribution in [0.2, 0.25) is 0 Å². The Kier molecular flexibility index (Phi) is 5.58. The lowest BCUT2D eigenvalue weighted by Gasteiger charge is -2.23. The van der Waals surface area contributed by atoms with E-state index >= 15 is 0 Å². The number of nitrogens with zero attached hydrogens (tertiary/aromatic N) is 5. The van der Waals surface area contributed by atoms with E-state index in [0.29, 0.717) is 31.4 Å². The molecule has 1 aliphatic carbocycles. The number of methoxy groups -OCH3 is 1. The van der Waals surface area contributed by atoms with E-state index in [1.54, 1.807) is 18.0 Å². The van der Waals surface area contributed by atoms with Gasteiger partial charge in [0.2, 0.25) is 0 Å². The molecule has 1 aliphatic rings. The third-order valence-corrected chi connectivity index (χ3v) is 4.36. The zero-order valence-electron chi connectivity index (χ0n) is 14.0. The number of hydrogen-bond donors (Lipinski definition) is 1. The van der Waals surface area contributed by atoms with Crippen LogP contribution in [0.3, 0.4) is 0 Å². The van der Waals surface area contributed by atoms with E-state index in [9.17, 15) is 4.79 Å². The summed E-state index contributed by atoms with van der Waals surface area (Å²) in [5.74, 6) is -0.237. The Hall–Kier alpha value is -2.22. The van der Waals surface area contributed by atoms with Gasteiger partial charge in [-0.15, -0.1) is 5.10 Å². The normalized spacial score (nSPS) is 15.5. The van der Waals surface area contributed by atoms with Gasteiger partial charge < -0.3 is 10.1 Å². The van der Waals surface area contributed by atoms with Gasteiger partial charge in [0, 0.05) is 19.9 Å². The summed E-state index contributed by atoms with van der Waals surface area (Å²) in [6, 6.07) is 2.48. The standard InChI is InChI=1S/C16H24N6O2/c1-24-10-9-17-16(23)15-12-21(20-19-15)11-14-7-8-18-22(14)13-5-3-2-4-6-13/h7-8,12-13H,2-6,9-11H2,1H3,(H,17,23). The third kappa shape index (κ3) is 4.00. The first-order valence-corrected chi connectivity index (χ1v) is 8.47. The number of nitrogens with one attached hydrogen (secondary N) is 1. The zero-order valence-corrected chi connectivity index (χ0v) is 14.0. The summed E-state index contributed by atoms with van der Waals surface area (Å²) in [5, 5.41) is 15.2. The fraction of sp³-hybridized carbons (Fsp3) is 0.625. The molecule has 0 atom stereocenters. The lowest BCUT2D eigenvalue weighted by atomic mass is 9.95. The molecule has 130 valence electrons. The minimum absolute atomic E-state index is 0.237. The molecule has 1 fully saturated rings. The summed E-state index contributed by atoms with van der Waals surface area (Å²) in [4.78, 5) is 11.9. The zero-order chi connectivity index (χ0) is 16.8. The molecule has 0 aromatic carbocycles. The van der Waals surface area contributed by atoms with Crippen LogP contribution < -0.4 is 5.32 Å². The first-order valence-electron chi connectivity index (χ1n) is 8.47. The molecule has 3 rings (SSSR count). The molecular formula is C16H24N6O2. The van der Waals surface area contributed by atoms with Crippen molar-refractivity contribution in [3.8, 4) is 0 Å². The van der Waals surface area contributed by atoms with Gasteiger partial charge in [-0.2, -0.15) is 5.10 Å². The molecule has 1 amide bonds. The van der Waals surface area contributed by atoms with Gasteiger partial charge in [0.15, 0.2) is 5.69 Å². The molecule has 0 bridgehead atoms. The minimum atomic E-state index is -0.237. The van der Waals surface area contributed by atoms with Crippen molar-refractivity contribution in [2.45, 2.75) is 44.7 Å². The molecule has 0 aliphatic heterocycles. The molecule has 0 spiro atoms. The number of hydrogen-bond acceptors (Lipinski definition) is 5. The maximum Gasteiger partial charge on any atom is 0.273 e. The monoisotopic (exact) mass is 332 g/mol. The molecule has 0 saturated heterocycles. The molecule has 0 radical (unpaired) electrons. The Morgan fingerprint density at radius 3 is 3.00 bits per heavy atom. The van der Waals surface area contributed by atoms with Crippen molar-refractivity contribution in [3.05, 3.63) is 29.8 Å². The predicted octanol–water partition coefficient (Wildman–Crippen LogP) is 1.40. The molecular weight excluding hydrogens is 308 g/mol. The molecule has 1 saturated carbocycles. The van der Waals surface area contributed by atoms with Gasteiger partial charge in [-0.25, -0.2) is 4.68 Å². The summed E-state index contributed by atoms with van der Waals surface area (Å²) >= 11 is 0. The summed E-state index contributed by atoms with van der Waals surface area (Å²) in [7, 11) is 1.60. The highest BCUT2D eigenvalue weighted by atomic mass is 16.5. The molecule has 8 nitrogen and oxygen atoms in total. The summed E-state index contributed by atoms with van der Waals surface area (Å²) in [6.07, 6.45) is 9.70. The van der Waals surface area contributed by atoms with Crippen molar-refractivity contribution in [2.75, 3.05) is 20.3 Å². The van der Waals surface area contributed by atoms with Crippen LogP contribution in [0.5, 0.6) is 0 Å². The van der Waals surface area contributed by atoms with Crippen molar-refractivity contribution < 1.29 is 9.53 Å². The Balaban J connectivity index is 1.63. The van der Waals surface area contributed by atoms with E-state index in [4.69, 9.17) is 4.74 Å². The van der Waals surface area contributed by atoms with Gasteiger partial charge in [-0.05, 0) is 18.9 Å². The van der Waals surface area contributed by atoms with Gasteiger partial charge >= 0.3 is 0 Å². The maximum absolute atomic E-state index is 11.9. The van der Waals surface area contributed by atoms with Crippen LogP contribution in [-0.4, -0.2) is 50.9 Å². The second kappa shape index (κ2) is 8.05. The van der Waals surface area contributed by atoms with E-state index in [2.05, 4.69) is 25.4 Å². The van der Waals surface area contributed by atoms with Crippen LogP contribution >= 0.6 is 0 Å². The SMILES string of the molecule is COCCNC(=O)c1cn(Cc2ccnn2C2CCCCC2)nn1. The fourth-order valence-corrected chi connectivity index (χ4v) is 3.12. The van der Waals surface area contributed by atoms with Crippen LogP contribution in [0.15, 0.2) is 18.5 Å². The van der Waals surface area contributed by atoms with Crippen molar-refractivity contribution in [3.63, 3.8) is 0 Å². The fourth-order valence-electron chi connectivity index (χ4n) is 3.12. The number of aromatic nitrogens is 5. The number of carbonyl (C=O) groups is 1. The second-order valence-corrected chi connectivity index (χ2v) is 6.11. The highest BCUT2D eigenvalue weighted by Gasteiger charge is 2.19. The Morgan fingerprint density at radius 1 is 1.38 bits per heavy atom. The molecule has 2 heterocycles. The van der Waals surface area contributed by atoms with Gasteiger partial charge in [0.25, 0.3) is 5.91 Å². The minimum Gasteiger partial charge on any atom is -0.383 e. The van der Waals surface area contributed by atoms with Crippen LogP contribution in [-0.2, 0) is 11.3 Å². The average molecular weight is 332 g/mol. The maximum atomic E-state index is 11.9. The van der Waals surface area contributed by atoms with Crippen molar-refractivity contribution in [2.24, 2.45) is 0 Å². The van der Waals surface area contributed by atoms with Crippen molar-refractivity contribution >= 4 is 5.91 Å². The highest BCUT2D eigenvalue weighted by molar-refractivity contribution is 5.91. The van der Waals surface area contributed by atoms with Crippen LogP contribution in [0.1, 0.15) is 54.3 Å². The first kappa shape index (κ1) is 16.6. The lowest BCUT2D eigenvalue weighted by Crippen LogP contribution is -2.27. The first-order chi connectivity index (χ1) is 11.8. The van der Waals surface area contributed by atoms with Crippen LogP contribution in [0.25, 0.3) is 0 Å². The van der Waals surface area contributed by atoms with E-state index < -0.39 is 0 Å². The number of carbonyl (C=O) groups excluding carboxylic acids is 1. The number of ether oxygens (including phenoxy) is 1. The molecule has 0 unspecified atom stereocenters. The Bertz CT molecular complexity index is 659. The van der Waals surface area contributed by atoms with E-state index in [0.717, 1.165) is 5.69 Å². The summed E-state index contributed by atoms with van der Waals surface area (Å²) in [5.41, 5.74) is 1.41. The topological polar surface area (TPSA) is 86.9 Å². The van der Waals surface area contributed by atoms with Gasteiger partial charge in [-0.1, -0.05) is 24.5 Å². The molecule has 2 aromatic heterocycles. The third-order valence-electron chi connectivity index (χ3n) is 4.36. The second-order valence-electron chi connectivity index (χ2n) is 6.11. The lowest BCUT2D eigenvalue weighted by molar-refractivity contribution is 0.0932. The summed E-state index contributed by atoms with van der Waals surface area (Å²) in [6.45, 7) is 1.49. The van der Waals surface area contributed by atoms with E-state index in [1.807, 2.05) is 12.3 Å². The molecule has 1 N–H and O–H groups in total. The van der Waals surface area contributed by atoms with Crippen LogP contribution in [0.4, 0.5) is 0 Å². The Labute approximate surface area is 141 Å². The molecule has 8 heteroatoms. The summed E-state index contributed by atoms with van der Waals surface area (Å²) < 4.78 is 8.70. The number of amides is 1. The van der Waals surface area contributed by atoms with E-state index in [-0.39, 0.29) is 5.91 Å². The van der Waals surface area contributed by atoms with Crippen LogP contribution in [0, 0.1) is 0 Å². The van der Waals surface area contributed by atoms with Gasteiger partial charge in [0.05, 0.1) is 31.1 Å². The van der Waals surface area contributed by atoms with E-state index in [1.165, 1.54) is 32.1 Å². The predicted molar refractivity (Wildman–Crippen MR) is 87.7 cm³/mol. The quantitative estimate of drug-likeness (QED) is 0.775. The molecule has 2 aromatic rings. The largest absolute Gasteiger partial charge is 0.383 e. The molecule has 24 heavy (non-hydrogen) atoms. The highest BCUT2D eigenvalue weighted by Crippen LogP contribution is 2.28. The average Bonchev–Trinajstić information content (AvgIpc) is 3.26. The van der Waals surface area contributed by atoms with Crippen molar-refractivity contribution in [1.82, 2.24) is 30.1 Å². The Morgan fingerprint density at radius 2 is 2.21 bits per heavy atom. The van der Waals surface area contributed by atoms with Crippen molar-refractivity contribution in [1.29, 1.82) is 0 Å².